The van der Waals surface area contributed by atoms with E-state index in [4.69, 9.17) is 13.9 Å². The van der Waals surface area contributed by atoms with Crippen LogP contribution in [0.1, 0.15) is 23.7 Å². The van der Waals surface area contributed by atoms with Crippen molar-refractivity contribution in [2.45, 2.75) is 32.3 Å². The molecule has 0 radical (unpaired) electrons. The molecule has 3 aromatic carbocycles. The van der Waals surface area contributed by atoms with Gasteiger partial charge in [0.15, 0.2) is 0 Å². The van der Waals surface area contributed by atoms with Gasteiger partial charge in [-0.3, -0.25) is 0 Å². The monoisotopic (exact) mass is 457 g/mol. The molecule has 174 valence electrons. The van der Waals surface area contributed by atoms with Crippen LogP contribution in [0.15, 0.2) is 89.5 Å². The number of benzene rings is 3. The largest absolute Gasteiger partial charge is 0.493 e. The molecule has 0 bridgehead atoms. The van der Waals surface area contributed by atoms with Gasteiger partial charge in [-0.15, -0.1) is 0 Å². The SMILES string of the molecule is Cc1ccc(OC(C)(Cc2ccc(OCCc3coc(-c4ccccc4)n3)cc2)C(=O)O)cc1. The fourth-order valence-electron chi connectivity index (χ4n) is 3.52. The van der Waals surface area contributed by atoms with Crippen LogP contribution in [0, 0.1) is 6.92 Å². The summed E-state index contributed by atoms with van der Waals surface area (Å²) in [7, 11) is 0. The van der Waals surface area contributed by atoms with Crippen LogP contribution in [0.25, 0.3) is 11.5 Å². The van der Waals surface area contributed by atoms with E-state index in [1.165, 1.54) is 0 Å². The zero-order chi connectivity index (χ0) is 24.0. The van der Waals surface area contributed by atoms with Crippen LogP contribution in [0.4, 0.5) is 0 Å². The molecular formula is C28H27NO5. The summed E-state index contributed by atoms with van der Waals surface area (Å²) in [6.07, 6.45) is 2.48. The molecule has 0 aliphatic heterocycles. The van der Waals surface area contributed by atoms with Gasteiger partial charge in [0.05, 0.1) is 12.3 Å². The summed E-state index contributed by atoms with van der Waals surface area (Å²) in [5, 5.41) is 9.80. The Kier molecular flexibility index (Phi) is 6.97. The topological polar surface area (TPSA) is 81.8 Å². The van der Waals surface area contributed by atoms with Gasteiger partial charge in [0.1, 0.15) is 17.8 Å². The van der Waals surface area contributed by atoms with E-state index < -0.39 is 11.6 Å². The Hall–Kier alpha value is -4.06. The Bertz CT molecular complexity index is 1220. The Morgan fingerprint density at radius 1 is 0.971 bits per heavy atom. The van der Waals surface area contributed by atoms with Crippen molar-refractivity contribution in [1.29, 1.82) is 0 Å². The zero-order valence-corrected chi connectivity index (χ0v) is 19.2. The van der Waals surface area contributed by atoms with Crippen LogP contribution in [0.2, 0.25) is 0 Å². The van der Waals surface area contributed by atoms with Crippen molar-refractivity contribution in [3.8, 4) is 23.0 Å². The highest BCUT2D eigenvalue weighted by Crippen LogP contribution is 2.25. The molecule has 0 amide bonds. The molecule has 4 rings (SSSR count). The molecule has 1 heterocycles. The van der Waals surface area contributed by atoms with Crippen molar-refractivity contribution in [2.75, 3.05) is 6.61 Å². The number of hydrogen-bond donors (Lipinski definition) is 1. The van der Waals surface area contributed by atoms with Gasteiger partial charge in [-0.05, 0) is 55.8 Å². The molecule has 34 heavy (non-hydrogen) atoms. The molecule has 0 aliphatic carbocycles. The Morgan fingerprint density at radius 2 is 1.65 bits per heavy atom. The molecule has 0 aliphatic rings. The van der Waals surface area contributed by atoms with Crippen molar-refractivity contribution in [3.05, 3.63) is 102 Å². The third kappa shape index (κ3) is 5.84. The summed E-state index contributed by atoms with van der Waals surface area (Å²) in [4.78, 5) is 16.5. The highest BCUT2D eigenvalue weighted by atomic mass is 16.5. The van der Waals surface area contributed by atoms with E-state index in [0.717, 1.165) is 22.4 Å². The third-order valence-electron chi connectivity index (χ3n) is 5.48. The van der Waals surface area contributed by atoms with Gasteiger partial charge in [-0.1, -0.05) is 48.0 Å². The van der Waals surface area contributed by atoms with Crippen molar-refractivity contribution < 1.29 is 23.8 Å². The molecular weight excluding hydrogens is 430 g/mol. The first-order chi connectivity index (χ1) is 16.4. The first kappa shape index (κ1) is 23.1. The molecule has 1 N–H and O–H groups in total. The van der Waals surface area contributed by atoms with Gasteiger partial charge in [-0.25, -0.2) is 9.78 Å². The lowest BCUT2D eigenvalue weighted by atomic mass is 9.96. The lowest BCUT2D eigenvalue weighted by molar-refractivity contribution is -0.153. The van der Waals surface area contributed by atoms with Crippen molar-refractivity contribution in [1.82, 2.24) is 4.98 Å². The predicted octanol–water partition coefficient (Wildman–Crippen LogP) is 5.74. The maximum absolute atomic E-state index is 12.0. The number of oxazole rings is 1. The Balaban J connectivity index is 1.32. The quantitative estimate of drug-likeness (QED) is 0.327. The van der Waals surface area contributed by atoms with Crippen LogP contribution >= 0.6 is 0 Å². The average Bonchev–Trinajstić information content (AvgIpc) is 3.31. The van der Waals surface area contributed by atoms with E-state index in [1.54, 1.807) is 25.3 Å². The van der Waals surface area contributed by atoms with Crippen LogP contribution in [0.5, 0.6) is 11.5 Å². The second-order valence-electron chi connectivity index (χ2n) is 8.38. The summed E-state index contributed by atoms with van der Waals surface area (Å²) in [6, 6.07) is 24.5. The van der Waals surface area contributed by atoms with Gasteiger partial charge in [0, 0.05) is 18.4 Å². The number of carboxylic acids is 1. The van der Waals surface area contributed by atoms with E-state index in [-0.39, 0.29) is 6.42 Å². The molecule has 0 saturated carbocycles. The van der Waals surface area contributed by atoms with Crippen molar-refractivity contribution in [3.63, 3.8) is 0 Å². The number of aryl methyl sites for hydroxylation is 1. The molecule has 6 heteroatoms. The number of carbonyl (C=O) groups is 1. The van der Waals surface area contributed by atoms with E-state index in [0.29, 0.717) is 30.4 Å². The number of carboxylic acid groups (broad SMARTS) is 1. The highest BCUT2D eigenvalue weighted by Gasteiger charge is 2.36. The maximum atomic E-state index is 12.0. The number of rotatable bonds is 10. The molecule has 0 fully saturated rings. The second-order valence-corrected chi connectivity index (χ2v) is 8.38. The van der Waals surface area contributed by atoms with Crippen LogP contribution in [-0.4, -0.2) is 28.3 Å². The van der Waals surface area contributed by atoms with Gasteiger partial charge in [0.25, 0.3) is 0 Å². The minimum absolute atomic E-state index is 0.220. The second kappa shape index (κ2) is 10.3. The normalized spacial score (nSPS) is 12.6. The van der Waals surface area contributed by atoms with Crippen LogP contribution in [-0.2, 0) is 17.6 Å². The number of hydrogen-bond acceptors (Lipinski definition) is 5. The molecule has 1 aromatic heterocycles. The first-order valence-corrected chi connectivity index (χ1v) is 11.1. The van der Waals surface area contributed by atoms with Gasteiger partial charge < -0.3 is 19.0 Å². The fourth-order valence-corrected chi connectivity index (χ4v) is 3.52. The number of aliphatic carboxylic acids is 1. The summed E-state index contributed by atoms with van der Waals surface area (Å²) >= 11 is 0. The third-order valence-corrected chi connectivity index (χ3v) is 5.48. The van der Waals surface area contributed by atoms with Gasteiger partial charge >= 0.3 is 5.97 Å². The average molecular weight is 458 g/mol. The Labute approximate surface area is 198 Å². The van der Waals surface area contributed by atoms with Crippen molar-refractivity contribution in [2.24, 2.45) is 0 Å². The van der Waals surface area contributed by atoms with Gasteiger partial charge in [0.2, 0.25) is 11.5 Å². The molecule has 1 atom stereocenters. The smallest absolute Gasteiger partial charge is 0.348 e. The number of ether oxygens (including phenoxy) is 2. The molecule has 0 spiro atoms. The number of aromatic nitrogens is 1. The fraction of sp³-hybridized carbons (Fsp3) is 0.214. The van der Waals surface area contributed by atoms with Crippen LogP contribution in [0.3, 0.4) is 0 Å². The van der Waals surface area contributed by atoms with E-state index in [2.05, 4.69) is 4.98 Å². The predicted molar refractivity (Wildman–Crippen MR) is 129 cm³/mol. The maximum Gasteiger partial charge on any atom is 0.348 e. The standard InChI is InChI=1S/C28H27NO5/c1-20-8-12-25(13-9-20)34-28(2,27(30)31)18-21-10-14-24(15-11-21)32-17-16-23-19-33-26(29-23)22-6-4-3-5-7-22/h3-15,19H,16-18H2,1-2H3,(H,30,31). The number of nitrogens with zero attached hydrogens (tertiary/aromatic N) is 1. The molecule has 1 unspecified atom stereocenters. The minimum atomic E-state index is -1.39. The molecule has 0 saturated heterocycles. The minimum Gasteiger partial charge on any atom is -0.493 e. The molecule has 4 aromatic rings. The zero-order valence-electron chi connectivity index (χ0n) is 19.2. The Morgan fingerprint density at radius 3 is 2.32 bits per heavy atom. The summed E-state index contributed by atoms with van der Waals surface area (Å²) in [5.41, 5.74) is 2.29. The highest BCUT2D eigenvalue weighted by molar-refractivity contribution is 5.78. The van der Waals surface area contributed by atoms with E-state index >= 15 is 0 Å². The van der Waals surface area contributed by atoms with Gasteiger partial charge in [-0.2, -0.15) is 0 Å². The lowest BCUT2D eigenvalue weighted by Gasteiger charge is -2.26. The summed E-state index contributed by atoms with van der Waals surface area (Å²) < 4.78 is 17.2. The van der Waals surface area contributed by atoms with Crippen molar-refractivity contribution >= 4 is 5.97 Å². The molecule has 6 nitrogen and oxygen atoms in total. The van der Waals surface area contributed by atoms with E-state index in [9.17, 15) is 9.90 Å². The first-order valence-electron chi connectivity index (χ1n) is 11.1. The lowest BCUT2D eigenvalue weighted by Crippen LogP contribution is -2.43. The van der Waals surface area contributed by atoms with Crippen LogP contribution < -0.4 is 9.47 Å². The summed E-state index contributed by atoms with van der Waals surface area (Å²) in [5.74, 6) is 0.802. The van der Waals surface area contributed by atoms with E-state index in [1.807, 2.05) is 73.7 Å². The summed E-state index contributed by atoms with van der Waals surface area (Å²) in [6.45, 7) is 4.00.